The topological polar surface area (TPSA) is 74.7 Å². The number of benzene rings is 1. The summed E-state index contributed by atoms with van der Waals surface area (Å²) < 4.78 is 26.6. The zero-order valence-corrected chi connectivity index (χ0v) is 13.8. The van der Waals surface area contributed by atoms with Crippen molar-refractivity contribution in [3.8, 4) is 0 Å². The summed E-state index contributed by atoms with van der Waals surface area (Å²) in [6, 6.07) is 7.04. The van der Waals surface area contributed by atoms with Gasteiger partial charge in [0.1, 0.15) is 0 Å². The van der Waals surface area contributed by atoms with Crippen LogP contribution in [0.5, 0.6) is 0 Å². The molecule has 0 radical (unpaired) electrons. The van der Waals surface area contributed by atoms with Crippen LogP contribution in [-0.4, -0.2) is 36.9 Å². The first-order valence-electron chi connectivity index (χ1n) is 7.69. The molecule has 1 aromatic rings. The van der Waals surface area contributed by atoms with E-state index in [0.717, 1.165) is 12.0 Å². The van der Waals surface area contributed by atoms with E-state index >= 15 is 0 Å². The van der Waals surface area contributed by atoms with Crippen LogP contribution in [-0.2, 0) is 14.8 Å². The van der Waals surface area contributed by atoms with Gasteiger partial charge >= 0.3 is 5.97 Å². The van der Waals surface area contributed by atoms with Gasteiger partial charge in [-0.25, -0.2) is 8.42 Å². The average molecular weight is 325 g/mol. The lowest BCUT2D eigenvalue weighted by atomic mass is 9.99. The van der Waals surface area contributed by atoms with Gasteiger partial charge < -0.3 is 5.11 Å². The van der Waals surface area contributed by atoms with Crippen molar-refractivity contribution in [2.75, 3.05) is 13.1 Å². The fourth-order valence-electron chi connectivity index (χ4n) is 2.70. The van der Waals surface area contributed by atoms with Crippen LogP contribution >= 0.6 is 0 Å². The lowest BCUT2D eigenvalue weighted by Crippen LogP contribution is -2.40. The quantitative estimate of drug-likeness (QED) is 0.903. The second kappa shape index (κ2) is 6.79. The van der Waals surface area contributed by atoms with Crippen molar-refractivity contribution in [3.63, 3.8) is 0 Å². The minimum absolute atomic E-state index is 0.270. The van der Waals surface area contributed by atoms with Gasteiger partial charge in [0.05, 0.1) is 10.8 Å². The molecule has 1 fully saturated rings. The Morgan fingerprint density at radius 2 is 1.82 bits per heavy atom. The molecule has 1 unspecified atom stereocenters. The van der Waals surface area contributed by atoms with Gasteiger partial charge in [-0.3, -0.25) is 4.79 Å². The molecule has 1 heterocycles. The standard InChI is InChI=1S/C16H23NO4S/c1-3-12(2)13-4-6-15(7-5-13)22(20,21)17-10-8-14(9-11-17)16(18)19/h4-7,12,14H,3,8-11H2,1-2H3,(H,18,19). The summed E-state index contributed by atoms with van der Waals surface area (Å²) in [6.45, 7) is 4.75. The number of carboxylic acid groups (broad SMARTS) is 1. The van der Waals surface area contributed by atoms with Crippen molar-refractivity contribution in [2.45, 2.75) is 43.9 Å². The lowest BCUT2D eigenvalue weighted by Gasteiger charge is -2.29. The van der Waals surface area contributed by atoms with Gasteiger partial charge in [-0.2, -0.15) is 4.31 Å². The number of piperidine rings is 1. The Kier molecular flexibility index (Phi) is 5.24. The molecule has 0 aliphatic carbocycles. The van der Waals surface area contributed by atoms with Gasteiger partial charge in [-0.1, -0.05) is 26.0 Å². The number of hydrogen-bond acceptors (Lipinski definition) is 3. The summed E-state index contributed by atoms with van der Waals surface area (Å²) in [6.07, 6.45) is 1.76. The maximum absolute atomic E-state index is 12.6. The summed E-state index contributed by atoms with van der Waals surface area (Å²) in [5.74, 6) is -0.864. The SMILES string of the molecule is CCC(C)c1ccc(S(=O)(=O)N2CCC(C(=O)O)CC2)cc1. The highest BCUT2D eigenvalue weighted by Crippen LogP contribution is 2.26. The Morgan fingerprint density at radius 3 is 2.27 bits per heavy atom. The van der Waals surface area contributed by atoms with Crippen LogP contribution in [0, 0.1) is 5.92 Å². The Bertz CT molecular complexity index is 616. The molecule has 1 aliphatic rings. The van der Waals surface area contributed by atoms with Crippen LogP contribution in [0.4, 0.5) is 0 Å². The largest absolute Gasteiger partial charge is 0.481 e. The molecule has 1 atom stereocenters. The monoisotopic (exact) mass is 325 g/mol. The number of aliphatic carboxylic acids is 1. The zero-order chi connectivity index (χ0) is 16.3. The molecule has 0 saturated carbocycles. The van der Waals surface area contributed by atoms with Gasteiger partial charge in [0.15, 0.2) is 0 Å². The highest BCUT2D eigenvalue weighted by molar-refractivity contribution is 7.89. The summed E-state index contributed by atoms with van der Waals surface area (Å²) in [4.78, 5) is 11.2. The van der Waals surface area contributed by atoms with Crippen LogP contribution in [0.15, 0.2) is 29.2 Å². The Labute approximate surface area is 132 Å². The van der Waals surface area contributed by atoms with Crippen LogP contribution in [0.2, 0.25) is 0 Å². The van der Waals surface area contributed by atoms with Crippen LogP contribution in [0.25, 0.3) is 0 Å². The predicted molar refractivity (Wildman–Crippen MR) is 84.3 cm³/mol. The molecule has 1 saturated heterocycles. The van der Waals surface area contributed by atoms with E-state index in [2.05, 4.69) is 13.8 Å². The van der Waals surface area contributed by atoms with E-state index in [4.69, 9.17) is 5.11 Å². The third kappa shape index (κ3) is 3.50. The first-order valence-corrected chi connectivity index (χ1v) is 9.13. The lowest BCUT2D eigenvalue weighted by molar-refractivity contribution is -0.142. The third-order valence-corrected chi connectivity index (χ3v) is 6.42. The molecule has 0 bridgehead atoms. The van der Waals surface area contributed by atoms with Gasteiger partial charge in [0, 0.05) is 13.1 Å². The van der Waals surface area contributed by atoms with E-state index in [1.807, 2.05) is 12.1 Å². The minimum Gasteiger partial charge on any atom is -0.481 e. The molecule has 5 nitrogen and oxygen atoms in total. The summed E-state index contributed by atoms with van der Waals surface area (Å²) in [5, 5.41) is 8.98. The third-order valence-electron chi connectivity index (χ3n) is 4.50. The van der Waals surface area contributed by atoms with Gasteiger partial charge in [0.2, 0.25) is 10.0 Å². The smallest absolute Gasteiger partial charge is 0.306 e. The van der Waals surface area contributed by atoms with Crippen molar-refractivity contribution in [1.82, 2.24) is 4.31 Å². The number of nitrogens with zero attached hydrogens (tertiary/aromatic N) is 1. The van der Waals surface area contributed by atoms with Crippen molar-refractivity contribution in [3.05, 3.63) is 29.8 Å². The fourth-order valence-corrected chi connectivity index (χ4v) is 4.17. The number of carbonyl (C=O) groups is 1. The fraction of sp³-hybridized carbons (Fsp3) is 0.562. The van der Waals surface area contributed by atoms with E-state index in [-0.39, 0.29) is 18.0 Å². The molecular formula is C16H23NO4S. The van der Waals surface area contributed by atoms with Gasteiger partial charge in [-0.05, 0) is 42.9 Å². The summed E-state index contributed by atoms with van der Waals surface area (Å²) >= 11 is 0. The van der Waals surface area contributed by atoms with Crippen molar-refractivity contribution in [1.29, 1.82) is 0 Å². The molecule has 1 aromatic carbocycles. The number of carboxylic acids is 1. The number of rotatable bonds is 5. The number of sulfonamides is 1. The van der Waals surface area contributed by atoms with E-state index in [9.17, 15) is 13.2 Å². The minimum atomic E-state index is -3.52. The Hall–Kier alpha value is -1.40. The number of hydrogen-bond donors (Lipinski definition) is 1. The van der Waals surface area contributed by atoms with E-state index in [0.29, 0.717) is 18.8 Å². The molecule has 0 aromatic heterocycles. The molecule has 1 N–H and O–H groups in total. The van der Waals surface area contributed by atoms with Gasteiger partial charge in [-0.15, -0.1) is 0 Å². The van der Waals surface area contributed by atoms with E-state index in [1.54, 1.807) is 12.1 Å². The molecular weight excluding hydrogens is 302 g/mol. The maximum Gasteiger partial charge on any atom is 0.306 e. The predicted octanol–water partition coefficient (Wildman–Crippen LogP) is 2.69. The van der Waals surface area contributed by atoms with Crippen molar-refractivity contribution < 1.29 is 18.3 Å². The Morgan fingerprint density at radius 1 is 1.27 bits per heavy atom. The molecule has 0 amide bonds. The second-order valence-corrected chi connectivity index (χ2v) is 7.83. The maximum atomic E-state index is 12.6. The van der Waals surface area contributed by atoms with Crippen molar-refractivity contribution in [2.24, 2.45) is 5.92 Å². The van der Waals surface area contributed by atoms with Gasteiger partial charge in [0.25, 0.3) is 0 Å². The average Bonchev–Trinajstić information content (AvgIpc) is 2.54. The first-order chi connectivity index (χ1) is 10.4. The summed E-state index contributed by atoms with van der Waals surface area (Å²) in [7, 11) is -3.52. The molecule has 1 aliphatic heterocycles. The van der Waals surface area contributed by atoms with Crippen LogP contribution < -0.4 is 0 Å². The van der Waals surface area contributed by atoms with E-state index in [1.165, 1.54) is 4.31 Å². The van der Waals surface area contributed by atoms with Crippen LogP contribution in [0.3, 0.4) is 0 Å². The van der Waals surface area contributed by atoms with Crippen LogP contribution in [0.1, 0.15) is 44.6 Å². The van der Waals surface area contributed by atoms with E-state index < -0.39 is 21.9 Å². The molecule has 0 spiro atoms. The van der Waals surface area contributed by atoms with Crippen molar-refractivity contribution >= 4 is 16.0 Å². The Balaban J connectivity index is 2.12. The zero-order valence-electron chi connectivity index (χ0n) is 13.0. The normalized spacial score (nSPS) is 19.0. The summed E-state index contributed by atoms with van der Waals surface area (Å²) in [5.41, 5.74) is 1.13. The first kappa shape index (κ1) is 17.0. The molecule has 22 heavy (non-hydrogen) atoms. The highest BCUT2D eigenvalue weighted by Gasteiger charge is 2.31. The second-order valence-electron chi connectivity index (χ2n) is 5.89. The molecule has 2 rings (SSSR count). The highest BCUT2D eigenvalue weighted by atomic mass is 32.2. The molecule has 6 heteroatoms. The molecule has 122 valence electrons.